The zero-order valence-corrected chi connectivity index (χ0v) is 12.6. The van der Waals surface area contributed by atoms with E-state index in [0.717, 1.165) is 12.8 Å². The van der Waals surface area contributed by atoms with Crippen LogP contribution in [0.3, 0.4) is 0 Å². The van der Waals surface area contributed by atoms with Gasteiger partial charge in [0.1, 0.15) is 0 Å². The van der Waals surface area contributed by atoms with Crippen LogP contribution in [-0.2, 0) is 0 Å². The molecule has 1 N–H and O–H groups in total. The smallest absolute Gasteiger partial charge is 0.0816 e. The van der Waals surface area contributed by atoms with Gasteiger partial charge < -0.3 is 10.0 Å². The Morgan fingerprint density at radius 2 is 1.77 bits per heavy atom. The summed E-state index contributed by atoms with van der Waals surface area (Å²) in [5.74, 6) is 0. The number of rotatable bonds is 2. The molecule has 3 nitrogen and oxygen atoms in total. The summed E-state index contributed by atoms with van der Waals surface area (Å²) in [5.41, 5.74) is 0.492. The van der Waals surface area contributed by atoms with Crippen molar-refractivity contribution in [3.63, 3.8) is 0 Å². The van der Waals surface area contributed by atoms with E-state index >= 15 is 0 Å². The molecule has 0 spiro atoms. The highest BCUT2D eigenvalue weighted by atomic mass is 16.3. The normalized spacial score (nSPS) is 30.5. The van der Waals surface area contributed by atoms with E-state index in [9.17, 15) is 5.11 Å². The topological polar surface area (TPSA) is 47.3 Å². The third-order valence-electron chi connectivity index (χ3n) is 5.30. The van der Waals surface area contributed by atoms with Gasteiger partial charge in [-0.2, -0.15) is 5.26 Å². The fourth-order valence-corrected chi connectivity index (χ4v) is 4.44. The van der Waals surface area contributed by atoms with Crippen molar-refractivity contribution in [3.05, 3.63) is 42.5 Å². The molecule has 2 heterocycles. The Kier molecular flexibility index (Phi) is 3.09. The first-order valence-electron chi connectivity index (χ1n) is 8.06. The van der Waals surface area contributed by atoms with Crippen LogP contribution in [0.4, 0.5) is 5.69 Å². The quantitative estimate of drug-likeness (QED) is 0.919. The number of benzene rings is 2. The zero-order chi connectivity index (χ0) is 15.2. The monoisotopic (exact) mass is 292 g/mol. The maximum atomic E-state index is 10.7. The summed E-state index contributed by atoms with van der Waals surface area (Å²) < 4.78 is 0. The average molecular weight is 292 g/mol. The van der Waals surface area contributed by atoms with Gasteiger partial charge in [-0.15, -0.1) is 0 Å². The highest BCUT2D eigenvalue weighted by Gasteiger charge is 2.47. The Morgan fingerprint density at radius 1 is 1.09 bits per heavy atom. The number of anilines is 1. The highest BCUT2D eigenvalue weighted by molar-refractivity contribution is 5.94. The Labute approximate surface area is 130 Å². The molecule has 0 aromatic heterocycles. The minimum Gasteiger partial charge on any atom is -0.389 e. The van der Waals surface area contributed by atoms with Gasteiger partial charge in [0.25, 0.3) is 0 Å². The molecule has 2 atom stereocenters. The van der Waals surface area contributed by atoms with Gasteiger partial charge >= 0.3 is 0 Å². The maximum Gasteiger partial charge on any atom is 0.0816 e. The zero-order valence-electron chi connectivity index (χ0n) is 12.6. The Bertz CT molecular complexity index is 729. The molecule has 2 saturated heterocycles. The molecule has 0 radical (unpaired) electrons. The number of nitriles is 1. The van der Waals surface area contributed by atoms with Gasteiger partial charge in [-0.1, -0.05) is 36.4 Å². The third kappa shape index (κ3) is 2.07. The molecule has 2 unspecified atom stereocenters. The summed E-state index contributed by atoms with van der Waals surface area (Å²) in [6.07, 6.45) is 3.90. The lowest BCUT2D eigenvalue weighted by Gasteiger charge is -2.44. The standard InChI is InChI=1S/C19H20N2O/c20-11-10-19(22)12-15-8-9-16(13-19)21(15)18-7-3-5-14-4-1-2-6-17(14)18/h1-7,15-16,22H,8-10,12-13H2. The number of fused-ring (bicyclic) bond motifs is 3. The van der Waals surface area contributed by atoms with E-state index < -0.39 is 5.60 Å². The Hall–Kier alpha value is -2.05. The molecule has 2 aromatic rings. The largest absolute Gasteiger partial charge is 0.389 e. The van der Waals surface area contributed by atoms with Crippen molar-refractivity contribution >= 4 is 16.5 Å². The molecule has 2 aliphatic heterocycles. The fourth-order valence-electron chi connectivity index (χ4n) is 4.44. The Balaban J connectivity index is 1.74. The maximum absolute atomic E-state index is 10.7. The number of hydrogen-bond donors (Lipinski definition) is 1. The molecule has 2 aromatic carbocycles. The molecule has 2 fully saturated rings. The Morgan fingerprint density at radius 3 is 2.50 bits per heavy atom. The predicted molar refractivity (Wildman–Crippen MR) is 87.7 cm³/mol. The van der Waals surface area contributed by atoms with Crippen LogP contribution in [0.1, 0.15) is 32.1 Å². The molecule has 0 amide bonds. The molecule has 4 rings (SSSR count). The van der Waals surface area contributed by atoms with E-state index in [4.69, 9.17) is 5.26 Å². The van der Waals surface area contributed by atoms with E-state index in [0.29, 0.717) is 24.9 Å². The lowest BCUT2D eigenvalue weighted by atomic mass is 9.83. The number of hydrogen-bond acceptors (Lipinski definition) is 3. The lowest BCUT2D eigenvalue weighted by molar-refractivity contribution is 0.00622. The molecule has 2 bridgehead atoms. The van der Waals surface area contributed by atoms with Crippen LogP contribution in [-0.4, -0.2) is 22.8 Å². The minimum atomic E-state index is -0.790. The number of aliphatic hydroxyl groups is 1. The highest BCUT2D eigenvalue weighted by Crippen LogP contribution is 2.46. The van der Waals surface area contributed by atoms with Gasteiger partial charge in [0.15, 0.2) is 0 Å². The van der Waals surface area contributed by atoms with E-state index in [2.05, 4.69) is 53.4 Å². The predicted octanol–water partition coefficient (Wildman–Crippen LogP) is 3.62. The fraction of sp³-hybridized carbons (Fsp3) is 0.421. The van der Waals surface area contributed by atoms with Crippen molar-refractivity contribution in [2.24, 2.45) is 0 Å². The van der Waals surface area contributed by atoms with Crippen molar-refractivity contribution < 1.29 is 5.11 Å². The van der Waals surface area contributed by atoms with Gasteiger partial charge in [0, 0.05) is 23.2 Å². The second-order valence-electron chi connectivity index (χ2n) is 6.76. The van der Waals surface area contributed by atoms with Gasteiger partial charge in [-0.3, -0.25) is 0 Å². The summed E-state index contributed by atoms with van der Waals surface area (Å²) in [4.78, 5) is 2.51. The first-order valence-corrected chi connectivity index (χ1v) is 8.06. The van der Waals surface area contributed by atoms with Crippen LogP contribution in [0.25, 0.3) is 10.8 Å². The first-order chi connectivity index (χ1) is 10.7. The van der Waals surface area contributed by atoms with Gasteiger partial charge in [0.05, 0.1) is 18.1 Å². The van der Waals surface area contributed by atoms with Crippen LogP contribution in [0.15, 0.2) is 42.5 Å². The van der Waals surface area contributed by atoms with Crippen molar-refractivity contribution in [1.82, 2.24) is 0 Å². The van der Waals surface area contributed by atoms with Crippen molar-refractivity contribution in [2.45, 2.75) is 49.8 Å². The summed E-state index contributed by atoms with van der Waals surface area (Å²) in [5, 5.41) is 22.2. The van der Waals surface area contributed by atoms with Gasteiger partial charge in [-0.05, 0) is 37.1 Å². The minimum absolute atomic E-state index is 0.253. The van der Waals surface area contributed by atoms with E-state index in [1.165, 1.54) is 16.5 Å². The molecule has 0 aliphatic carbocycles. The third-order valence-corrected chi connectivity index (χ3v) is 5.30. The molecule has 22 heavy (non-hydrogen) atoms. The van der Waals surface area contributed by atoms with Gasteiger partial charge in [0.2, 0.25) is 0 Å². The van der Waals surface area contributed by atoms with E-state index in [1.54, 1.807) is 0 Å². The van der Waals surface area contributed by atoms with Crippen LogP contribution in [0.5, 0.6) is 0 Å². The summed E-state index contributed by atoms with van der Waals surface area (Å²) in [7, 11) is 0. The van der Waals surface area contributed by atoms with Gasteiger partial charge in [-0.25, -0.2) is 0 Å². The second kappa shape index (κ2) is 5.00. The van der Waals surface area contributed by atoms with Crippen molar-refractivity contribution in [2.75, 3.05) is 4.90 Å². The number of piperidine rings is 1. The SMILES string of the molecule is N#CCC1(O)CC2CCC(C1)N2c1cccc2ccccc12. The molecule has 112 valence electrons. The average Bonchev–Trinajstić information content (AvgIpc) is 2.79. The first kappa shape index (κ1) is 13.6. The van der Waals surface area contributed by atoms with Crippen LogP contribution >= 0.6 is 0 Å². The summed E-state index contributed by atoms with van der Waals surface area (Å²) >= 11 is 0. The molecule has 3 heteroatoms. The molecular formula is C19H20N2O. The lowest BCUT2D eigenvalue weighted by Crippen LogP contribution is -2.51. The van der Waals surface area contributed by atoms with Crippen LogP contribution < -0.4 is 4.90 Å². The molecule has 0 saturated carbocycles. The summed E-state index contributed by atoms with van der Waals surface area (Å²) in [6, 6.07) is 17.8. The number of nitrogens with zero attached hydrogens (tertiary/aromatic N) is 2. The van der Waals surface area contributed by atoms with Crippen LogP contribution in [0.2, 0.25) is 0 Å². The van der Waals surface area contributed by atoms with Crippen molar-refractivity contribution in [3.8, 4) is 6.07 Å². The molecule has 2 aliphatic rings. The van der Waals surface area contributed by atoms with E-state index in [-0.39, 0.29) is 6.42 Å². The molecular weight excluding hydrogens is 272 g/mol. The van der Waals surface area contributed by atoms with E-state index in [1.807, 2.05) is 0 Å². The summed E-state index contributed by atoms with van der Waals surface area (Å²) in [6.45, 7) is 0. The van der Waals surface area contributed by atoms with Crippen LogP contribution in [0, 0.1) is 11.3 Å². The second-order valence-corrected chi connectivity index (χ2v) is 6.76. The van der Waals surface area contributed by atoms with Crippen molar-refractivity contribution in [1.29, 1.82) is 5.26 Å².